The fraction of sp³-hybridized carbons (Fsp3) is 0.211. The van der Waals surface area contributed by atoms with E-state index in [-0.39, 0.29) is 27.7 Å². The molecule has 2 heterocycles. The third-order valence-electron chi connectivity index (χ3n) is 4.04. The molecule has 1 N–H and O–H groups in total. The zero-order valence-corrected chi connectivity index (χ0v) is 16.8. The number of hydrogen-bond donors (Lipinski definition) is 1. The van der Waals surface area contributed by atoms with E-state index in [1.165, 1.54) is 39.2 Å². The highest BCUT2D eigenvalue weighted by molar-refractivity contribution is 7.89. The van der Waals surface area contributed by atoms with Gasteiger partial charge in [0.1, 0.15) is 5.82 Å². The number of likely N-dealkylation sites (N-methyl/N-ethyl adjacent to an activating group) is 1. The molecule has 29 heavy (non-hydrogen) atoms. The van der Waals surface area contributed by atoms with Crippen molar-refractivity contribution in [1.82, 2.24) is 9.29 Å². The molecule has 0 saturated heterocycles. The second kappa shape index (κ2) is 7.92. The summed E-state index contributed by atoms with van der Waals surface area (Å²) in [5.74, 6) is -1.11. The number of fused-ring (bicyclic) bond motifs is 1. The van der Waals surface area contributed by atoms with Gasteiger partial charge < -0.3 is 14.8 Å². The Labute approximate surface area is 168 Å². The molecule has 1 amide bonds. The lowest BCUT2D eigenvalue weighted by Gasteiger charge is -2.31. The Morgan fingerprint density at radius 3 is 2.48 bits per heavy atom. The van der Waals surface area contributed by atoms with Crippen LogP contribution >= 0.6 is 0 Å². The van der Waals surface area contributed by atoms with Crippen LogP contribution in [-0.4, -0.2) is 42.9 Å². The molecule has 2 aromatic rings. The molecule has 0 aliphatic carbocycles. The number of nitrogens with zero attached hydrogens (tertiary/aromatic N) is 2. The lowest BCUT2D eigenvalue weighted by molar-refractivity contribution is -0.161. The standard InChI is InChI=1S/C19H19N3O6S/c1-12(23)27-13(2)28-18-14-8-4-5-9-15(14)29(25,26)22(3)17(18)19(24)21-16-10-6-7-11-20-16/h4-11,13H,1-3H3,(H,20,21,24). The van der Waals surface area contributed by atoms with Crippen molar-refractivity contribution < 1.29 is 27.5 Å². The maximum atomic E-state index is 13.0. The van der Waals surface area contributed by atoms with Gasteiger partial charge in [0.25, 0.3) is 15.9 Å². The Balaban J connectivity index is 2.13. The maximum absolute atomic E-state index is 13.0. The summed E-state index contributed by atoms with van der Waals surface area (Å²) < 4.78 is 37.4. The monoisotopic (exact) mass is 417 g/mol. The Morgan fingerprint density at radius 2 is 1.83 bits per heavy atom. The van der Waals surface area contributed by atoms with Crippen molar-refractivity contribution >= 4 is 33.5 Å². The first-order valence-corrected chi connectivity index (χ1v) is 10.0. The van der Waals surface area contributed by atoms with Crippen molar-refractivity contribution in [3.63, 3.8) is 0 Å². The van der Waals surface area contributed by atoms with Crippen LogP contribution in [0.3, 0.4) is 0 Å². The highest BCUT2D eigenvalue weighted by Crippen LogP contribution is 2.37. The molecule has 3 rings (SSSR count). The quantitative estimate of drug-likeness (QED) is 0.584. The molecule has 9 nitrogen and oxygen atoms in total. The molecule has 1 aliphatic heterocycles. The van der Waals surface area contributed by atoms with E-state index in [2.05, 4.69) is 10.3 Å². The van der Waals surface area contributed by atoms with E-state index in [9.17, 15) is 18.0 Å². The van der Waals surface area contributed by atoms with E-state index in [1.807, 2.05) is 0 Å². The van der Waals surface area contributed by atoms with Gasteiger partial charge in [0, 0.05) is 32.7 Å². The highest BCUT2D eigenvalue weighted by Gasteiger charge is 2.39. The first-order chi connectivity index (χ1) is 13.7. The molecule has 1 unspecified atom stereocenters. The molecular formula is C19H19N3O6S. The van der Waals surface area contributed by atoms with Gasteiger partial charge in [0.15, 0.2) is 11.5 Å². The van der Waals surface area contributed by atoms with Gasteiger partial charge in [-0.2, -0.15) is 0 Å². The predicted molar refractivity (Wildman–Crippen MR) is 103 cm³/mol. The number of hydrogen-bond acceptors (Lipinski definition) is 7. The normalized spacial score (nSPS) is 15.9. The van der Waals surface area contributed by atoms with Gasteiger partial charge in [-0.05, 0) is 24.3 Å². The second-order valence-corrected chi connectivity index (χ2v) is 8.05. The number of nitrogens with one attached hydrogen (secondary N) is 1. The van der Waals surface area contributed by atoms with E-state index in [4.69, 9.17) is 9.47 Å². The molecule has 0 fully saturated rings. The molecule has 1 aromatic carbocycles. The summed E-state index contributed by atoms with van der Waals surface area (Å²) in [6.07, 6.45) is 0.434. The number of pyridine rings is 1. The van der Waals surface area contributed by atoms with Gasteiger partial charge in [-0.25, -0.2) is 13.4 Å². The minimum atomic E-state index is -3.99. The smallest absolute Gasteiger partial charge is 0.305 e. The predicted octanol–water partition coefficient (Wildman–Crippen LogP) is 1.95. The fourth-order valence-corrected chi connectivity index (χ4v) is 4.21. The zero-order valence-electron chi connectivity index (χ0n) is 15.9. The van der Waals surface area contributed by atoms with Crippen molar-refractivity contribution in [2.45, 2.75) is 25.0 Å². The van der Waals surface area contributed by atoms with Crippen molar-refractivity contribution in [2.24, 2.45) is 0 Å². The van der Waals surface area contributed by atoms with Crippen LogP contribution in [0.1, 0.15) is 19.4 Å². The van der Waals surface area contributed by atoms with Crippen LogP contribution in [0.25, 0.3) is 5.76 Å². The summed E-state index contributed by atoms with van der Waals surface area (Å²) in [5.41, 5.74) is -0.0656. The first kappa shape index (κ1) is 20.3. The number of anilines is 1. The molecule has 1 aliphatic rings. The average molecular weight is 417 g/mol. The van der Waals surface area contributed by atoms with Gasteiger partial charge >= 0.3 is 5.97 Å². The van der Waals surface area contributed by atoms with Crippen LogP contribution in [-0.2, 0) is 29.1 Å². The van der Waals surface area contributed by atoms with E-state index >= 15 is 0 Å². The average Bonchev–Trinajstić information content (AvgIpc) is 2.66. The number of rotatable bonds is 5. The Bertz CT molecular complexity index is 1080. The lowest BCUT2D eigenvalue weighted by Crippen LogP contribution is -2.38. The number of amides is 1. The molecule has 1 atom stereocenters. The first-order valence-electron chi connectivity index (χ1n) is 8.60. The van der Waals surface area contributed by atoms with Gasteiger partial charge in [0.2, 0.25) is 6.29 Å². The number of sulfonamides is 1. The molecule has 0 spiro atoms. The van der Waals surface area contributed by atoms with Crippen molar-refractivity contribution in [1.29, 1.82) is 0 Å². The molecule has 0 bridgehead atoms. The van der Waals surface area contributed by atoms with Gasteiger partial charge in [-0.3, -0.25) is 13.9 Å². The number of carbonyl (C=O) groups is 2. The summed E-state index contributed by atoms with van der Waals surface area (Å²) in [5, 5.41) is 2.55. The van der Waals surface area contributed by atoms with Crippen LogP contribution in [0, 0.1) is 0 Å². The molecule has 1 aromatic heterocycles. The van der Waals surface area contributed by atoms with Crippen molar-refractivity contribution in [3.8, 4) is 0 Å². The molecule has 0 saturated carbocycles. The summed E-state index contributed by atoms with van der Waals surface area (Å²) in [4.78, 5) is 28.2. The number of carbonyl (C=O) groups excluding carboxylic acids is 2. The van der Waals surface area contributed by atoms with Crippen LogP contribution in [0.5, 0.6) is 0 Å². The van der Waals surface area contributed by atoms with Gasteiger partial charge in [-0.1, -0.05) is 18.2 Å². The van der Waals surface area contributed by atoms with Crippen LogP contribution in [0.4, 0.5) is 5.82 Å². The lowest BCUT2D eigenvalue weighted by atomic mass is 10.1. The molecule has 10 heteroatoms. The van der Waals surface area contributed by atoms with E-state index < -0.39 is 28.2 Å². The van der Waals surface area contributed by atoms with Crippen molar-refractivity contribution in [2.75, 3.05) is 12.4 Å². The van der Waals surface area contributed by atoms with Crippen LogP contribution in [0.15, 0.2) is 59.3 Å². The summed E-state index contributed by atoms with van der Waals surface area (Å²) in [6.45, 7) is 2.68. The number of aromatic nitrogens is 1. The number of esters is 1. The zero-order chi connectivity index (χ0) is 21.2. The molecule has 152 valence electrons. The summed E-state index contributed by atoms with van der Waals surface area (Å²) in [7, 11) is -2.74. The maximum Gasteiger partial charge on any atom is 0.305 e. The Hall–Kier alpha value is -3.40. The van der Waals surface area contributed by atoms with E-state index in [0.717, 1.165) is 4.31 Å². The Morgan fingerprint density at radius 1 is 1.14 bits per heavy atom. The van der Waals surface area contributed by atoms with E-state index in [0.29, 0.717) is 0 Å². The van der Waals surface area contributed by atoms with E-state index in [1.54, 1.807) is 30.3 Å². The van der Waals surface area contributed by atoms with Crippen LogP contribution in [0.2, 0.25) is 0 Å². The summed E-state index contributed by atoms with van der Waals surface area (Å²) >= 11 is 0. The van der Waals surface area contributed by atoms with Crippen molar-refractivity contribution in [3.05, 3.63) is 59.9 Å². The minimum Gasteiger partial charge on any atom is -0.452 e. The van der Waals surface area contributed by atoms with Gasteiger partial charge in [-0.15, -0.1) is 0 Å². The highest BCUT2D eigenvalue weighted by atomic mass is 32.2. The number of benzene rings is 1. The minimum absolute atomic E-state index is 0.0260. The molecular weight excluding hydrogens is 398 g/mol. The third-order valence-corrected chi connectivity index (χ3v) is 5.85. The second-order valence-electron chi connectivity index (χ2n) is 6.11. The van der Waals surface area contributed by atoms with Gasteiger partial charge in [0.05, 0.1) is 4.90 Å². The van der Waals surface area contributed by atoms with Crippen LogP contribution < -0.4 is 5.32 Å². The molecule has 0 radical (unpaired) electrons. The Kier molecular flexibility index (Phi) is 5.55. The number of ether oxygens (including phenoxy) is 2. The summed E-state index contributed by atoms with van der Waals surface area (Å²) in [6, 6.07) is 11.0. The third kappa shape index (κ3) is 4.06. The largest absolute Gasteiger partial charge is 0.452 e. The fourth-order valence-electron chi connectivity index (χ4n) is 2.82. The topological polar surface area (TPSA) is 115 Å². The SMILES string of the molecule is CC(=O)OC(C)OC1=C(C(=O)Nc2ccccn2)N(C)S(=O)(=O)c2ccccc21.